The van der Waals surface area contributed by atoms with Crippen molar-refractivity contribution in [3.05, 3.63) is 0 Å². The lowest BCUT2D eigenvalue weighted by atomic mass is 10.1. The summed E-state index contributed by atoms with van der Waals surface area (Å²) in [5.74, 6) is 0. The van der Waals surface area contributed by atoms with E-state index in [1.165, 1.54) is 65.0 Å². The van der Waals surface area contributed by atoms with Crippen LogP contribution in [0.25, 0.3) is 0 Å². The zero-order chi connectivity index (χ0) is 12.1. The van der Waals surface area contributed by atoms with Gasteiger partial charge >= 0.3 is 0 Å². The Bertz CT molecular complexity index is 220. The number of likely N-dealkylation sites (tertiary alicyclic amines) is 1. The van der Waals surface area contributed by atoms with Gasteiger partial charge in [0.2, 0.25) is 0 Å². The van der Waals surface area contributed by atoms with Crippen LogP contribution in [0.1, 0.15) is 39.5 Å². The summed E-state index contributed by atoms with van der Waals surface area (Å²) in [6.07, 6.45) is 5.48. The molecule has 0 bridgehead atoms. The van der Waals surface area contributed by atoms with Crippen molar-refractivity contribution in [2.75, 3.05) is 39.3 Å². The van der Waals surface area contributed by atoms with Gasteiger partial charge in [-0.1, -0.05) is 6.92 Å². The lowest BCUT2D eigenvalue weighted by Gasteiger charge is -2.37. The van der Waals surface area contributed by atoms with Gasteiger partial charge in [0.25, 0.3) is 0 Å². The Morgan fingerprint density at radius 2 is 2.06 bits per heavy atom. The van der Waals surface area contributed by atoms with Gasteiger partial charge in [-0.15, -0.1) is 0 Å². The van der Waals surface area contributed by atoms with Crippen LogP contribution >= 0.6 is 0 Å². The number of piperazine rings is 1. The van der Waals surface area contributed by atoms with Crippen LogP contribution in [0.5, 0.6) is 0 Å². The Labute approximate surface area is 107 Å². The zero-order valence-electron chi connectivity index (χ0n) is 11.6. The molecule has 0 spiro atoms. The smallest absolute Gasteiger partial charge is 0.0167 e. The van der Waals surface area contributed by atoms with Gasteiger partial charge in [-0.2, -0.15) is 0 Å². The summed E-state index contributed by atoms with van der Waals surface area (Å²) in [7, 11) is 0. The summed E-state index contributed by atoms with van der Waals surface area (Å²) in [5, 5.41) is 3.54. The van der Waals surface area contributed by atoms with Gasteiger partial charge in [0.05, 0.1) is 0 Å². The molecule has 0 aromatic rings. The molecule has 2 aliphatic heterocycles. The topological polar surface area (TPSA) is 18.5 Å². The van der Waals surface area contributed by atoms with E-state index in [0.29, 0.717) is 6.04 Å². The Morgan fingerprint density at radius 3 is 2.82 bits per heavy atom. The highest BCUT2D eigenvalue weighted by atomic mass is 15.2. The summed E-state index contributed by atoms with van der Waals surface area (Å²) in [4.78, 5) is 5.39. The molecule has 0 aromatic heterocycles. The van der Waals surface area contributed by atoms with Crippen LogP contribution in [0.2, 0.25) is 0 Å². The number of nitrogens with one attached hydrogen (secondary N) is 1. The second-order valence-electron chi connectivity index (χ2n) is 5.78. The molecule has 2 aliphatic rings. The van der Waals surface area contributed by atoms with Crippen molar-refractivity contribution >= 4 is 0 Å². The normalized spacial score (nSPS) is 33.5. The molecule has 0 aromatic carbocycles. The summed E-state index contributed by atoms with van der Waals surface area (Å²) < 4.78 is 0. The maximum Gasteiger partial charge on any atom is 0.0167 e. The van der Waals surface area contributed by atoms with Crippen LogP contribution in [0, 0.1) is 0 Å². The summed E-state index contributed by atoms with van der Waals surface area (Å²) in [6, 6.07) is 1.53. The van der Waals surface area contributed by atoms with Crippen molar-refractivity contribution in [2.24, 2.45) is 0 Å². The first-order chi connectivity index (χ1) is 8.29. The molecule has 0 saturated carbocycles. The minimum atomic E-state index is 0.679. The summed E-state index contributed by atoms with van der Waals surface area (Å²) in [6.45, 7) is 12.2. The van der Waals surface area contributed by atoms with E-state index in [2.05, 4.69) is 29.0 Å². The van der Waals surface area contributed by atoms with Gasteiger partial charge in [0.15, 0.2) is 0 Å². The van der Waals surface area contributed by atoms with Crippen LogP contribution in [-0.2, 0) is 0 Å². The third-order valence-electron chi connectivity index (χ3n) is 4.25. The third kappa shape index (κ3) is 3.94. The highest BCUT2D eigenvalue weighted by molar-refractivity contribution is 4.83. The fraction of sp³-hybridized carbons (Fsp3) is 1.00. The molecule has 3 nitrogen and oxygen atoms in total. The summed E-state index contributed by atoms with van der Waals surface area (Å²) >= 11 is 0. The molecule has 2 unspecified atom stereocenters. The molecule has 2 saturated heterocycles. The van der Waals surface area contributed by atoms with Gasteiger partial charge in [-0.3, -0.25) is 4.90 Å². The molecule has 0 aliphatic carbocycles. The molecule has 100 valence electrons. The first kappa shape index (κ1) is 13.3. The maximum atomic E-state index is 3.54. The zero-order valence-corrected chi connectivity index (χ0v) is 11.6. The summed E-state index contributed by atoms with van der Waals surface area (Å²) in [5.41, 5.74) is 0. The second kappa shape index (κ2) is 6.72. The van der Waals surface area contributed by atoms with Crippen LogP contribution in [0.4, 0.5) is 0 Å². The van der Waals surface area contributed by atoms with Crippen LogP contribution in [0.15, 0.2) is 0 Å². The van der Waals surface area contributed by atoms with Gasteiger partial charge in [0, 0.05) is 31.7 Å². The Balaban J connectivity index is 1.81. The lowest BCUT2D eigenvalue weighted by Crippen LogP contribution is -2.53. The molecule has 2 heterocycles. The van der Waals surface area contributed by atoms with Crippen molar-refractivity contribution in [3.8, 4) is 0 Å². The predicted octanol–water partition coefficient (Wildman–Crippen LogP) is 1.54. The standard InChI is InChI=1S/C14H29N3/c1-3-8-16-9-4-5-14(6-10-16)17-11-7-15-13(2)12-17/h13-15H,3-12H2,1-2H3. The molecular formula is C14H29N3. The molecule has 17 heavy (non-hydrogen) atoms. The molecule has 1 N–H and O–H groups in total. The molecule has 0 amide bonds. The fourth-order valence-corrected chi connectivity index (χ4v) is 3.34. The van der Waals surface area contributed by atoms with E-state index in [9.17, 15) is 0 Å². The molecular weight excluding hydrogens is 210 g/mol. The Kier molecular flexibility index (Phi) is 5.26. The minimum Gasteiger partial charge on any atom is -0.312 e. The largest absolute Gasteiger partial charge is 0.312 e. The van der Waals surface area contributed by atoms with Crippen molar-refractivity contribution in [1.29, 1.82) is 0 Å². The van der Waals surface area contributed by atoms with E-state index >= 15 is 0 Å². The SMILES string of the molecule is CCCN1CCCC(N2CCNC(C)C2)CC1. The van der Waals surface area contributed by atoms with E-state index in [4.69, 9.17) is 0 Å². The van der Waals surface area contributed by atoms with E-state index in [1.54, 1.807) is 0 Å². The molecule has 0 radical (unpaired) electrons. The Morgan fingerprint density at radius 1 is 1.18 bits per heavy atom. The van der Waals surface area contributed by atoms with Gasteiger partial charge in [-0.05, 0) is 52.2 Å². The number of nitrogens with zero attached hydrogens (tertiary/aromatic N) is 2. The van der Waals surface area contributed by atoms with E-state index in [1.807, 2.05) is 0 Å². The average Bonchev–Trinajstić information content (AvgIpc) is 2.55. The average molecular weight is 239 g/mol. The van der Waals surface area contributed by atoms with E-state index in [0.717, 1.165) is 6.04 Å². The number of hydrogen-bond acceptors (Lipinski definition) is 3. The molecule has 2 rings (SSSR count). The van der Waals surface area contributed by atoms with Crippen molar-refractivity contribution in [3.63, 3.8) is 0 Å². The minimum absolute atomic E-state index is 0.679. The van der Waals surface area contributed by atoms with Crippen LogP contribution < -0.4 is 5.32 Å². The number of rotatable bonds is 3. The molecule has 2 atom stereocenters. The first-order valence-electron chi connectivity index (χ1n) is 7.49. The van der Waals surface area contributed by atoms with Gasteiger partial charge in [-0.25, -0.2) is 0 Å². The van der Waals surface area contributed by atoms with Crippen molar-refractivity contribution < 1.29 is 0 Å². The fourth-order valence-electron chi connectivity index (χ4n) is 3.34. The van der Waals surface area contributed by atoms with E-state index in [-0.39, 0.29) is 0 Å². The Hall–Kier alpha value is -0.120. The second-order valence-corrected chi connectivity index (χ2v) is 5.78. The van der Waals surface area contributed by atoms with Gasteiger partial charge < -0.3 is 10.2 Å². The highest BCUT2D eigenvalue weighted by Crippen LogP contribution is 2.18. The van der Waals surface area contributed by atoms with Gasteiger partial charge in [0.1, 0.15) is 0 Å². The molecule has 2 fully saturated rings. The van der Waals surface area contributed by atoms with Crippen LogP contribution in [-0.4, -0.2) is 61.2 Å². The first-order valence-corrected chi connectivity index (χ1v) is 7.49. The van der Waals surface area contributed by atoms with Crippen molar-refractivity contribution in [1.82, 2.24) is 15.1 Å². The highest BCUT2D eigenvalue weighted by Gasteiger charge is 2.25. The van der Waals surface area contributed by atoms with Crippen molar-refractivity contribution in [2.45, 2.75) is 51.6 Å². The number of hydrogen-bond donors (Lipinski definition) is 1. The van der Waals surface area contributed by atoms with E-state index < -0.39 is 0 Å². The predicted molar refractivity (Wildman–Crippen MR) is 73.4 cm³/mol. The quantitative estimate of drug-likeness (QED) is 0.806. The maximum absolute atomic E-state index is 3.54. The molecule has 3 heteroatoms. The third-order valence-corrected chi connectivity index (χ3v) is 4.25. The van der Waals surface area contributed by atoms with Crippen LogP contribution in [0.3, 0.4) is 0 Å². The monoisotopic (exact) mass is 239 g/mol. The lowest BCUT2D eigenvalue weighted by molar-refractivity contribution is 0.135.